The van der Waals surface area contributed by atoms with Crippen molar-refractivity contribution >= 4 is 17.7 Å². The van der Waals surface area contributed by atoms with Crippen molar-refractivity contribution in [2.24, 2.45) is 11.8 Å². The van der Waals surface area contributed by atoms with E-state index in [9.17, 15) is 14.4 Å². The van der Waals surface area contributed by atoms with Crippen LogP contribution in [0.25, 0.3) is 0 Å². The molecule has 0 spiro atoms. The highest BCUT2D eigenvalue weighted by molar-refractivity contribution is 5.97. The maximum atomic E-state index is 12.2. The van der Waals surface area contributed by atoms with Crippen molar-refractivity contribution in [3.8, 4) is 0 Å². The van der Waals surface area contributed by atoms with Crippen LogP contribution < -0.4 is 5.32 Å². The van der Waals surface area contributed by atoms with Gasteiger partial charge in [0, 0.05) is 11.5 Å². The van der Waals surface area contributed by atoms with E-state index < -0.39 is 17.9 Å². The predicted octanol–water partition coefficient (Wildman–Crippen LogP) is 2.85. The van der Waals surface area contributed by atoms with Crippen molar-refractivity contribution in [2.75, 3.05) is 0 Å². The van der Waals surface area contributed by atoms with Gasteiger partial charge in [0.15, 0.2) is 5.78 Å². The highest BCUT2D eigenvalue weighted by atomic mass is 16.4. The fraction of sp³-hybridized carbons (Fsp3) is 0.500. The summed E-state index contributed by atoms with van der Waals surface area (Å²) in [5.74, 6) is -2.09. The second kappa shape index (κ2) is 7.90. The molecule has 126 valence electrons. The monoisotopic (exact) mass is 319 g/mol. The molecule has 1 aromatic rings. The smallest absolute Gasteiger partial charge is 0.326 e. The third kappa shape index (κ3) is 4.91. The number of carboxylic acids is 1. The van der Waals surface area contributed by atoms with E-state index >= 15 is 0 Å². The van der Waals surface area contributed by atoms with E-state index in [1.54, 1.807) is 45.0 Å². The summed E-state index contributed by atoms with van der Waals surface area (Å²) in [6.07, 6.45) is 0. The lowest BCUT2D eigenvalue weighted by Gasteiger charge is -2.20. The summed E-state index contributed by atoms with van der Waals surface area (Å²) in [5.41, 5.74) is 1.36. The van der Waals surface area contributed by atoms with Crippen molar-refractivity contribution < 1.29 is 19.5 Å². The molecule has 0 radical (unpaired) electrons. The molecule has 1 rings (SSSR count). The van der Waals surface area contributed by atoms with E-state index in [0.717, 1.165) is 5.56 Å². The molecule has 0 aliphatic rings. The Hall–Kier alpha value is -2.17. The van der Waals surface area contributed by atoms with E-state index in [0.29, 0.717) is 5.56 Å². The maximum absolute atomic E-state index is 12.2. The minimum absolute atomic E-state index is 0.0550. The van der Waals surface area contributed by atoms with Gasteiger partial charge in [0.05, 0.1) is 5.92 Å². The summed E-state index contributed by atoms with van der Waals surface area (Å²) < 4.78 is 0. The average Bonchev–Trinajstić information content (AvgIpc) is 2.50. The molecule has 0 saturated heterocycles. The SMILES string of the molecule is CC(C)C(=O)c1ccc(C(C)C(=O)N[C@@H](C(=O)O)C(C)C)cc1. The fourth-order valence-electron chi connectivity index (χ4n) is 2.21. The summed E-state index contributed by atoms with van der Waals surface area (Å²) in [7, 11) is 0. The second-order valence-electron chi connectivity index (χ2n) is 6.43. The zero-order valence-corrected chi connectivity index (χ0v) is 14.3. The van der Waals surface area contributed by atoms with Crippen molar-refractivity contribution in [1.29, 1.82) is 0 Å². The van der Waals surface area contributed by atoms with Crippen LogP contribution in [0.15, 0.2) is 24.3 Å². The molecule has 0 fully saturated rings. The number of rotatable bonds is 7. The van der Waals surface area contributed by atoms with Crippen molar-refractivity contribution in [2.45, 2.75) is 46.6 Å². The number of Topliss-reactive ketones (excluding diaryl/α,β-unsaturated/α-hetero) is 1. The summed E-state index contributed by atoms with van der Waals surface area (Å²) in [5, 5.41) is 11.7. The van der Waals surface area contributed by atoms with Crippen LogP contribution in [0.2, 0.25) is 0 Å². The van der Waals surface area contributed by atoms with Gasteiger partial charge in [0.1, 0.15) is 6.04 Å². The Morgan fingerprint density at radius 1 is 0.957 bits per heavy atom. The lowest BCUT2D eigenvalue weighted by molar-refractivity contribution is -0.143. The van der Waals surface area contributed by atoms with Crippen LogP contribution in [0, 0.1) is 11.8 Å². The Morgan fingerprint density at radius 3 is 1.87 bits per heavy atom. The minimum Gasteiger partial charge on any atom is -0.480 e. The predicted molar refractivity (Wildman–Crippen MR) is 88.4 cm³/mol. The molecule has 1 unspecified atom stereocenters. The summed E-state index contributed by atoms with van der Waals surface area (Å²) >= 11 is 0. The number of aliphatic carboxylic acids is 1. The van der Waals surface area contributed by atoms with Crippen LogP contribution in [0.4, 0.5) is 0 Å². The molecule has 1 amide bonds. The number of amides is 1. The van der Waals surface area contributed by atoms with E-state index in [1.807, 2.05) is 13.8 Å². The summed E-state index contributed by atoms with van der Waals surface area (Å²) in [6.45, 7) is 8.88. The van der Waals surface area contributed by atoms with Gasteiger partial charge >= 0.3 is 5.97 Å². The first-order valence-corrected chi connectivity index (χ1v) is 7.82. The number of carbonyl (C=O) groups is 3. The number of benzene rings is 1. The molecule has 0 aliphatic heterocycles. The lowest BCUT2D eigenvalue weighted by Crippen LogP contribution is -2.45. The molecule has 0 bridgehead atoms. The molecule has 0 aromatic heterocycles. The van der Waals surface area contributed by atoms with E-state index in [4.69, 9.17) is 5.11 Å². The normalized spacial score (nSPS) is 13.7. The standard InChI is InChI=1S/C18H25NO4/c1-10(2)15(18(22)23)19-17(21)12(5)13-6-8-14(9-7-13)16(20)11(3)4/h6-12,15H,1-5H3,(H,19,21)(H,22,23)/t12?,15-/m1/s1. The zero-order chi connectivity index (χ0) is 17.7. The molecule has 23 heavy (non-hydrogen) atoms. The number of hydrogen-bond donors (Lipinski definition) is 2. The third-order valence-corrected chi connectivity index (χ3v) is 3.84. The Balaban J connectivity index is 2.84. The van der Waals surface area contributed by atoms with Gasteiger partial charge in [-0.15, -0.1) is 0 Å². The molecule has 5 nitrogen and oxygen atoms in total. The molecular weight excluding hydrogens is 294 g/mol. The first-order chi connectivity index (χ1) is 10.6. The zero-order valence-electron chi connectivity index (χ0n) is 14.3. The molecule has 1 aromatic carbocycles. The highest BCUT2D eigenvalue weighted by Crippen LogP contribution is 2.18. The van der Waals surface area contributed by atoms with Gasteiger partial charge in [0.2, 0.25) is 5.91 Å². The number of ketones is 1. The highest BCUT2D eigenvalue weighted by Gasteiger charge is 2.26. The van der Waals surface area contributed by atoms with Crippen LogP contribution in [0.3, 0.4) is 0 Å². The van der Waals surface area contributed by atoms with Crippen LogP contribution >= 0.6 is 0 Å². The largest absolute Gasteiger partial charge is 0.480 e. The first-order valence-electron chi connectivity index (χ1n) is 7.82. The molecule has 5 heteroatoms. The molecule has 2 N–H and O–H groups in total. The van der Waals surface area contributed by atoms with Gasteiger partial charge in [-0.25, -0.2) is 4.79 Å². The molecular formula is C18H25NO4. The Bertz CT molecular complexity index is 575. The van der Waals surface area contributed by atoms with Gasteiger partial charge in [-0.2, -0.15) is 0 Å². The Labute approximate surface area is 137 Å². The Morgan fingerprint density at radius 2 is 1.48 bits per heavy atom. The molecule has 2 atom stereocenters. The number of nitrogens with one attached hydrogen (secondary N) is 1. The first kappa shape index (κ1) is 18.9. The lowest BCUT2D eigenvalue weighted by atomic mass is 9.95. The maximum Gasteiger partial charge on any atom is 0.326 e. The summed E-state index contributed by atoms with van der Waals surface area (Å²) in [6, 6.07) is 5.99. The van der Waals surface area contributed by atoms with E-state index in [1.165, 1.54) is 0 Å². The van der Waals surface area contributed by atoms with Crippen LogP contribution in [-0.4, -0.2) is 28.8 Å². The van der Waals surface area contributed by atoms with Crippen molar-refractivity contribution in [3.05, 3.63) is 35.4 Å². The van der Waals surface area contributed by atoms with Crippen LogP contribution in [0.5, 0.6) is 0 Å². The van der Waals surface area contributed by atoms with Crippen LogP contribution in [-0.2, 0) is 9.59 Å². The number of carboxylic acid groups (broad SMARTS) is 1. The fourth-order valence-corrected chi connectivity index (χ4v) is 2.21. The van der Waals surface area contributed by atoms with Gasteiger partial charge in [0.25, 0.3) is 0 Å². The Kier molecular flexibility index (Phi) is 6.49. The molecule has 0 aliphatic carbocycles. The third-order valence-electron chi connectivity index (χ3n) is 3.84. The molecule has 0 saturated carbocycles. The van der Waals surface area contributed by atoms with Crippen molar-refractivity contribution in [1.82, 2.24) is 5.32 Å². The molecule has 0 heterocycles. The second-order valence-corrected chi connectivity index (χ2v) is 6.43. The van der Waals surface area contributed by atoms with E-state index in [-0.39, 0.29) is 23.5 Å². The quantitative estimate of drug-likeness (QED) is 0.757. The van der Waals surface area contributed by atoms with E-state index in [2.05, 4.69) is 5.32 Å². The van der Waals surface area contributed by atoms with Gasteiger partial charge in [-0.3, -0.25) is 9.59 Å². The van der Waals surface area contributed by atoms with Crippen LogP contribution in [0.1, 0.15) is 56.5 Å². The van der Waals surface area contributed by atoms with Gasteiger partial charge < -0.3 is 10.4 Å². The number of carbonyl (C=O) groups excluding carboxylic acids is 2. The van der Waals surface area contributed by atoms with Gasteiger partial charge in [-0.05, 0) is 18.4 Å². The van der Waals surface area contributed by atoms with Gasteiger partial charge in [-0.1, -0.05) is 52.0 Å². The summed E-state index contributed by atoms with van der Waals surface area (Å²) in [4.78, 5) is 35.3. The minimum atomic E-state index is -1.04. The number of hydrogen-bond acceptors (Lipinski definition) is 3. The van der Waals surface area contributed by atoms with Crippen molar-refractivity contribution in [3.63, 3.8) is 0 Å². The topological polar surface area (TPSA) is 83.5 Å². The average molecular weight is 319 g/mol.